The van der Waals surface area contributed by atoms with Gasteiger partial charge in [-0.3, -0.25) is 4.99 Å². The normalized spacial score (nSPS) is 13.6. The van der Waals surface area contributed by atoms with E-state index >= 15 is 0 Å². The molecule has 0 radical (unpaired) electrons. The quantitative estimate of drug-likeness (QED) is 0.306. The Morgan fingerprint density at radius 1 is 1.16 bits per heavy atom. The van der Waals surface area contributed by atoms with Crippen LogP contribution in [-0.2, 0) is 12.8 Å². The van der Waals surface area contributed by atoms with Crippen molar-refractivity contribution in [2.75, 3.05) is 31.6 Å². The van der Waals surface area contributed by atoms with Gasteiger partial charge in [-0.1, -0.05) is 0 Å². The summed E-state index contributed by atoms with van der Waals surface area (Å²) in [5, 5.41) is 10.0. The largest absolute Gasteiger partial charge is 0.490 e. The van der Waals surface area contributed by atoms with Gasteiger partial charge in [-0.25, -0.2) is 4.98 Å². The number of aryl methyl sites for hydroxylation is 2. The molecule has 1 aliphatic heterocycles. The zero-order valence-corrected chi connectivity index (χ0v) is 18.5. The van der Waals surface area contributed by atoms with Gasteiger partial charge in [0, 0.05) is 55.2 Å². The summed E-state index contributed by atoms with van der Waals surface area (Å²) >= 11 is 1.71. The van der Waals surface area contributed by atoms with E-state index in [-0.39, 0.29) is 0 Å². The van der Waals surface area contributed by atoms with Gasteiger partial charge in [0.2, 0.25) is 0 Å². The van der Waals surface area contributed by atoms with E-state index in [0.717, 1.165) is 71.8 Å². The van der Waals surface area contributed by atoms with Crippen molar-refractivity contribution in [1.82, 2.24) is 10.3 Å². The van der Waals surface area contributed by atoms with E-state index in [1.54, 1.807) is 17.6 Å². The van der Waals surface area contributed by atoms with Crippen molar-refractivity contribution in [2.45, 2.75) is 32.6 Å². The summed E-state index contributed by atoms with van der Waals surface area (Å²) in [5.74, 6) is 3.22. The molecule has 3 aromatic rings. The number of furan rings is 1. The summed E-state index contributed by atoms with van der Waals surface area (Å²) in [5.41, 5.74) is 1.99. The minimum Gasteiger partial charge on any atom is -0.490 e. The standard InChI is InChI=1S/C23H28N4O3S/c1-17-16-31-22(26-17)6-2-10-24-23(25-11-9-19-5-3-12-28-19)27-18-7-8-20-21(15-18)30-14-4-13-29-20/h3,5,7-8,12,15-16H,2,4,6,9-11,13-14H2,1H3,(H2,24,25,27). The van der Waals surface area contributed by atoms with Crippen LogP contribution in [0.25, 0.3) is 0 Å². The molecule has 0 amide bonds. The van der Waals surface area contributed by atoms with Gasteiger partial charge in [0.1, 0.15) is 5.76 Å². The number of nitrogens with zero attached hydrogens (tertiary/aromatic N) is 2. The van der Waals surface area contributed by atoms with Crippen molar-refractivity contribution in [2.24, 2.45) is 4.99 Å². The molecule has 0 atom stereocenters. The molecular formula is C23H28N4O3S. The van der Waals surface area contributed by atoms with E-state index < -0.39 is 0 Å². The van der Waals surface area contributed by atoms with Crippen LogP contribution in [0.4, 0.5) is 5.69 Å². The number of anilines is 1. The lowest BCUT2D eigenvalue weighted by Gasteiger charge is -2.14. The number of benzene rings is 1. The molecule has 164 valence electrons. The van der Waals surface area contributed by atoms with Crippen LogP contribution in [0.5, 0.6) is 11.5 Å². The number of aliphatic imine (C=N–C) groups is 1. The van der Waals surface area contributed by atoms with Gasteiger partial charge < -0.3 is 24.5 Å². The van der Waals surface area contributed by atoms with Crippen LogP contribution in [0, 0.1) is 6.92 Å². The smallest absolute Gasteiger partial charge is 0.195 e. The molecule has 1 aromatic carbocycles. The van der Waals surface area contributed by atoms with Crippen molar-refractivity contribution in [3.63, 3.8) is 0 Å². The minimum atomic E-state index is 0.662. The summed E-state index contributed by atoms with van der Waals surface area (Å²) in [6.07, 6.45) is 5.25. The summed E-state index contributed by atoms with van der Waals surface area (Å²) in [4.78, 5) is 9.28. The Morgan fingerprint density at radius 3 is 2.87 bits per heavy atom. The number of thiazole rings is 1. The molecular weight excluding hydrogens is 412 g/mol. The van der Waals surface area contributed by atoms with E-state index in [1.807, 2.05) is 37.3 Å². The molecule has 31 heavy (non-hydrogen) atoms. The van der Waals surface area contributed by atoms with E-state index in [4.69, 9.17) is 18.9 Å². The molecule has 0 aliphatic carbocycles. The molecule has 0 unspecified atom stereocenters. The molecule has 0 bridgehead atoms. The Kier molecular flexibility index (Phi) is 7.44. The highest BCUT2D eigenvalue weighted by atomic mass is 32.1. The molecule has 0 saturated heterocycles. The summed E-state index contributed by atoms with van der Waals surface area (Å²) in [6.45, 7) is 4.79. The number of hydrogen-bond donors (Lipinski definition) is 2. The zero-order valence-electron chi connectivity index (χ0n) is 17.7. The highest BCUT2D eigenvalue weighted by Crippen LogP contribution is 2.32. The lowest BCUT2D eigenvalue weighted by molar-refractivity contribution is 0.297. The molecule has 7 nitrogen and oxygen atoms in total. The first-order chi connectivity index (χ1) is 15.3. The molecule has 0 saturated carbocycles. The lowest BCUT2D eigenvalue weighted by atomic mass is 10.2. The van der Waals surface area contributed by atoms with Crippen molar-refractivity contribution < 1.29 is 13.9 Å². The Hall–Kier alpha value is -3.00. The predicted octanol–water partition coefficient (Wildman–Crippen LogP) is 4.44. The van der Waals surface area contributed by atoms with Crippen LogP contribution in [0.2, 0.25) is 0 Å². The van der Waals surface area contributed by atoms with Crippen molar-refractivity contribution in [3.8, 4) is 11.5 Å². The third-order valence-corrected chi connectivity index (χ3v) is 5.77. The first-order valence-corrected chi connectivity index (χ1v) is 11.5. The second kappa shape index (κ2) is 10.9. The minimum absolute atomic E-state index is 0.662. The van der Waals surface area contributed by atoms with Crippen LogP contribution in [0.15, 0.2) is 51.4 Å². The van der Waals surface area contributed by atoms with Gasteiger partial charge in [-0.05, 0) is 37.6 Å². The Morgan fingerprint density at radius 2 is 2.06 bits per heavy atom. The monoisotopic (exact) mass is 440 g/mol. The predicted molar refractivity (Wildman–Crippen MR) is 124 cm³/mol. The number of hydrogen-bond acceptors (Lipinski definition) is 6. The van der Waals surface area contributed by atoms with Gasteiger partial charge in [0.25, 0.3) is 0 Å². The molecule has 2 aromatic heterocycles. The van der Waals surface area contributed by atoms with Crippen molar-refractivity contribution in [3.05, 3.63) is 58.4 Å². The second-order valence-corrected chi connectivity index (χ2v) is 8.25. The topological polar surface area (TPSA) is 80.9 Å². The van der Waals surface area contributed by atoms with E-state index in [0.29, 0.717) is 19.8 Å². The first kappa shape index (κ1) is 21.2. The third-order valence-electron chi connectivity index (χ3n) is 4.74. The van der Waals surface area contributed by atoms with Crippen LogP contribution >= 0.6 is 11.3 Å². The maximum Gasteiger partial charge on any atom is 0.195 e. The number of guanidine groups is 1. The van der Waals surface area contributed by atoms with Crippen molar-refractivity contribution in [1.29, 1.82) is 0 Å². The fourth-order valence-electron chi connectivity index (χ4n) is 3.21. The molecule has 2 N–H and O–H groups in total. The molecule has 3 heterocycles. The van der Waals surface area contributed by atoms with Crippen LogP contribution < -0.4 is 20.1 Å². The number of rotatable bonds is 8. The highest BCUT2D eigenvalue weighted by Gasteiger charge is 2.11. The molecule has 1 aliphatic rings. The summed E-state index contributed by atoms with van der Waals surface area (Å²) in [6, 6.07) is 9.76. The van der Waals surface area contributed by atoms with Gasteiger partial charge in [0.15, 0.2) is 17.5 Å². The average molecular weight is 441 g/mol. The Balaban J connectivity index is 1.37. The maximum atomic E-state index is 5.81. The second-order valence-electron chi connectivity index (χ2n) is 7.31. The van der Waals surface area contributed by atoms with Crippen LogP contribution in [0.3, 0.4) is 0 Å². The summed E-state index contributed by atoms with van der Waals surface area (Å²) < 4.78 is 17.0. The van der Waals surface area contributed by atoms with Crippen LogP contribution in [0.1, 0.15) is 29.3 Å². The lowest BCUT2D eigenvalue weighted by Crippen LogP contribution is -2.32. The zero-order chi connectivity index (χ0) is 21.3. The SMILES string of the molecule is Cc1csc(CCCN=C(NCCc2ccco2)Nc2ccc3c(c2)OCCCO3)n1. The fraction of sp³-hybridized carbons (Fsp3) is 0.391. The third kappa shape index (κ3) is 6.49. The number of ether oxygens (including phenoxy) is 2. The number of nitrogens with one attached hydrogen (secondary N) is 2. The Labute approximate surface area is 186 Å². The number of fused-ring (bicyclic) bond motifs is 1. The van der Waals surface area contributed by atoms with Gasteiger partial charge in [-0.2, -0.15) is 0 Å². The first-order valence-electron chi connectivity index (χ1n) is 10.6. The highest BCUT2D eigenvalue weighted by molar-refractivity contribution is 7.09. The van der Waals surface area contributed by atoms with E-state index in [9.17, 15) is 0 Å². The van der Waals surface area contributed by atoms with Gasteiger partial charge >= 0.3 is 0 Å². The summed E-state index contributed by atoms with van der Waals surface area (Å²) in [7, 11) is 0. The van der Waals surface area contributed by atoms with Crippen molar-refractivity contribution >= 4 is 23.0 Å². The average Bonchev–Trinajstić information content (AvgIpc) is 3.37. The molecule has 8 heteroatoms. The maximum absolute atomic E-state index is 5.81. The van der Waals surface area contributed by atoms with Crippen LogP contribution in [-0.4, -0.2) is 37.2 Å². The fourth-order valence-corrected chi connectivity index (χ4v) is 4.03. The number of aromatic nitrogens is 1. The van der Waals surface area contributed by atoms with Gasteiger partial charge in [-0.15, -0.1) is 11.3 Å². The van der Waals surface area contributed by atoms with Gasteiger partial charge in [0.05, 0.1) is 24.5 Å². The Bertz CT molecular complexity index is 985. The molecule has 0 fully saturated rings. The van der Waals surface area contributed by atoms with E-state index in [2.05, 4.69) is 21.0 Å². The molecule has 0 spiro atoms. The molecule has 4 rings (SSSR count). The van der Waals surface area contributed by atoms with E-state index in [1.165, 1.54) is 0 Å².